The van der Waals surface area contributed by atoms with Crippen molar-refractivity contribution in [2.75, 3.05) is 6.54 Å². The van der Waals surface area contributed by atoms with Gasteiger partial charge in [0.2, 0.25) is 5.89 Å². The minimum atomic E-state index is 0.148. The van der Waals surface area contributed by atoms with Crippen molar-refractivity contribution < 1.29 is 4.52 Å². The molecular formula is C19H23N3O. The number of nitrogens with one attached hydrogen (secondary N) is 1. The first kappa shape index (κ1) is 13.7. The molecule has 2 aromatic rings. The summed E-state index contributed by atoms with van der Waals surface area (Å²) in [5.74, 6) is 3.05. The Morgan fingerprint density at radius 3 is 2.70 bits per heavy atom. The van der Waals surface area contributed by atoms with Gasteiger partial charge in [0.1, 0.15) is 0 Å². The van der Waals surface area contributed by atoms with E-state index in [1.807, 2.05) is 0 Å². The molecule has 0 aliphatic heterocycles. The Morgan fingerprint density at radius 1 is 1.17 bits per heavy atom. The number of nitrogens with zero attached hydrogens (tertiary/aromatic N) is 2. The maximum atomic E-state index is 5.52. The van der Waals surface area contributed by atoms with Crippen LogP contribution in [0.4, 0.5) is 0 Å². The highest BCUT2D eigenvalue weighted by atomic mass is 16.5. The first-order chi connectivity index (χ1) is 11.3. The lowest BCUT2D eigenvalue weighted by Crippen LogP contribution is -2.30. The van der Waals surface area contributed by atoms with Crippen LogP contribution in [0.1, 0.15) is 67.6 Å². The van der Waals surface area contributed by atoms with E-state index < -0.39 is 0 Å². The summed E-state index contributed by atoms with van der Waals surface area (Å²) < 4.78 is 5.52. The minimum absolute atomic E-state index is 0.148. The van der Waals surface area contributed by atoms with Crippen LogP contribution >= 0.6 is 0 Å². The summed E-state index contributed by atoms with van der Waals surface area (Å²) in [5, 5.41) is 8.05. The molecule has 1 N–H and O–H groups in total. The maximum absolute atomic E-state index is 5.52. The number of benzene rings is 1. The summed E-state index contributed by atoms with van der Waals surface area (Å²) in [4.78, 5) is 4.72. The van der Waals surface area contributed by atoms with E-state index in [1.165, 1.54) is 44.1 Å². The van der Waals surface area contributed by atoms with Gasteiger partial charge in [0, 0.05) is 29.8 Å². The van der Waals surface area contributed by atoms with Gasteiger partial charge in [0.15, 0.2) is 5.82 Å². The maximum Gasteiger partial charge on any atom is 0.229 e. The molecule has 0 unspecified atom stereocenters. The zero-order valence-corrected chi connectivity index (χ0v) is 13.4. The zero-order valence-electron chi connectivity index (χ0n) is 13.4. The van der Waals surface area contributed by atoms with Crippen LogP contribution in [0, 0.1) is 0 Å². The SMILES string of the molecule is c1ccc([C@@H]2C[C@H]2NCC2(c3noc(C4CCC4)n3)CC2)cc1. The second-order valence-electron chi connectivity index (χ2n) is 7.60. The first-order valence-corrected chi connectivity index (χ1v) is 8.96. The molecule has 0 radical (unpaired) electrons. The summed E-state index contributed by atoms with van der Waals surface area (Å²) in [6, 6.07) is 11.5. The first-order valence-electron chi connectivity index (χ1n) is 8.96. The fourth-order valence-corrected chi connectivity index (χ4v) is 3.72. The molecule has 1 heterocycles. The van der Waals surface area contributed by atoms with Crippen LogP contribution in [0.15, 0.2) is 34.9 Å². The third kappa shape index (κ3) is 2.49. The predicted octanol–water partition coefficient (Wildman–Crippen LogP) is 3.51. The number of hydrogen-bond donors (Lipinski definition) is 1. The molecule has 1 aromatic carbocycles. The Morgan fingerprint density at radius 2 is 2.00 bits per heavy atom. The standard InChI is InChI=1S/C19H23N3O/c1-2-5-13(6-3-1)15-11-16(15)20-12-19(9-10-19)18-21-17(23-22-18)14-7-4-8-14/h1-3,5-6,14-16,20H,4,7-12H2/t15-,16+/m0/s1. The van der Waals surface area contributed by atoms with Gasteiger partial charge in [-0.25, -0.2) is 0 Å². The molecule has 3 saturated carbocycles. The molecule has 0 amide bonds. The average Bonchev–Trinajstić information content (AvgIpc) is 3.44. The van der Waals surface area contributed by atoms with E-state index in [2.05, 4.69) is 40.8 Å². The largest absolute Gasteiger partial charge is 0.339 e. The van der Waals surface area contributed by atoms with Gasteiger partial charge in [-0.05, 0) is 37.7 Å². The van der Waals surface area contributed by atoms with Crippen molar-refractivity contribution in [2.45, 2.75) is 61.8 Å². The van der Waals surface area contributed by atoms with Gasteiger partial charge in [-0.1, -0.05) is 41.9 Å². The van der Waals surface area contributed by atoms with Crippen molar-refractivity contribution in [3.63, 3.8) is 0 Å². The summed E-state index contributed by atoms with van der Waals surface area (Å²) in [7, 11) is 0. The Balaban J connectivity index is 1.20. The van der Waals surface area contributed by atoms with E-state index in [-0.39, 0.29) is 5.41 Å². The molecule has 1 aromatic heterocycles. The van der Waals surface area contributed by atoms with E-state index in [0.717, 1.165) is 18.3 Å². The van der Waals surface area contributed by atoms with Crippen LogP contribution in [0.3, 0.4) is 0 Å². The highest BCUT2D eigenvalue weighted by Gasteiger charge is 2.50. The van der Waals surface area contributed by atoms with Gasteiger partial charge >= 0.3 is 0 Å². The number of rotatable bonds is 6. The molecule has 3 fully saturated rings. The van der Waals surface area contributed by atoms with Gasteiger partial charge < -0.3 is 9.84 Å². The number of aromatic nitrogens is 2. The second-order valence-corrected chi connectivity index (χ2v) is 7.60. The Bertz CT molecular complexity index is 688. The average molecular weight is 309 g/mol. The monoisotopic (exact) mass is 309 g/mol. The van der Waals surface area contributed by atoms with Gasteiger partial charge in [-0.3, -0.25) is 0 Å². The molecule has 2 atom stereocenters. The summed E-state index contributed by atoms with van der Waals surface area (Å²) in [6.07, 6.45) is 7.36. The molecule has 4 nitrogen and oxygen atoms in total. The molecule has 0 spiro atoms. The van der Waals surface area contributed by atoms with Crippen molar-refractivity contribution in [2.24, 2.45) is 0 Å². The summed E-state index contributed by atoms with van der Waals surface area (Å²) >= 11 is 0. The lowest BCUT2D eigenvalue weighted by Gasteiger charge is -2.20. The molecule has 4 heteroatoms. The highest BCUT2D eigenvalue weighted by molar-refractivity contribution is 5.28. The van der Waals surface area contributed by atoms with Crippen LogP contribution in [0.5, 0.6) is 0 Å². The molecular weight excluding hydrogens is 286 g/mol. The molecule has 23 heavy (non-hydrogen) atoms. The fourth-order valence-electron chi connectivity index (χ4n) is 3.72. The zero-order chi connectivity index (χ0) is 15.3. The second kappa shape index (κ2) is 5.17. The van der Waals surface area contributed by atoms with Gasteiger partial charge in [0.05, 0.1) is 0 Å². The molecule has 3 aliphatic rings. The highest BCUT2D eigenvalue weighted by Crippen LogP contribution is 2.48. The van der Waals surface area contributed by atoms with E-state index in [9.17, 15) is 0 Å². The van der Waals surface area contributed by atoms with Crippen molar-refractivity contribution in [1.82, 2.24) is 15.5 Å². The third-order valence-corrected chi connectivity index (χ3v) is 5.94. The van der Waals surface area contributed by atoms with Gasteiger partial charge in [0.25, 0.3) is 0 Å². The van der Waals surface area contributed by atoms with E-state index in [0.29, 0.717) is 17.9 Å². The van der Waals surface area contributed by atoms with E-state index in [4.69, 9.17) is 9.51 Å². The molecule has 5 rings (SSSR count). The molecule has 0 saturated heterocycles. The lowest BCUT2D eigenvalue weighted by atomic mass is 9.85. The van der Waals surface area contributed by atoms with Crippen molar-refractivity contribution >= 4 is 0 Å². The molecule has 120 valence electrons. The Labute approximate surface area is 136 Å². The van der Waals surface area contributed by atoms with Gasteiger partial charge in [-0.2, -0.15) is 4.98 Å². The summed E-state index contributed by atoms with van der Waals surface area (Å²) in [6.45, 7) is 0.991. The van der Waals surface area contributed by atoms with Gasteiger partial charge in [-0.15, -0.1) is 0 Å². The Kier molecular flexibility index (Phi) is 3.08. The molecule has 3 aliphatic carbocycles. The molecule has 0 bridgehead atoms. The smallest absolute Gasteiger partial charge is 0.229 e. The quantitative estimate of drug-likeness (QED) is 0.887. The lowest BCUT2D eigenvalue weighted by molar-refractivity contribution is 0.290. The topological polar surface area (TPSA) is 51.0 Å². The van der Waals surface area contributed by atoms with Crippen molar-refractivity contribution in [1.29, 1.82) is 0 Å². The summed E-state index contributed by atoms with van der Waals surface area (Å²) in [5.41, 5.74) is 1.61. The van der Waals surface area contributed by atoms with Crippen molar-refractivity contribution in [3.05, 3.63) is 47.6 Å². The van der Waals surface area contributed by atoms with E-state index in [1.54, 1.807) is 0 Å². The minimum Gasteiger partial charge on any atom is -0.339 e. The van der Waals surface area contributed by atoms with Crippen LogP contribution in [-0.4, -0.2) is 22.7 Å². The van der Waals surface area contributed by atoms with Crippen LogP contribution in [-0.2, 0) is 5.41 Å². The third-order valence-electron chi connectivity index (χ3n) is 5.94. The normalized spacial score (nSPS) is 28.3. The van der Waals surface area contributed by atoms with Crippen molar-refractivity contribution in [3.8, 4) is 0 Å². The van der Waals surface area contributed by atoms with Crippen LogP contribution in [0.25, 0.3) is 0 Å². The van der Waals surface area contributed by atoms with E-state index >= 15 is 0 Å². The predicted molar refractivity (Wildman–Crippen MR) is 87.4 cm³/mol. The fraction of sp³-hybridized carbons (Fsp3) is 0.579. The number of hydrogen-bond acceptors (Lipinski definition) is 4. The Hall–Kier alpha value is -1.68. The van der Waals surface area contributed by atoms with Crippen LogP contribution < -0.4 is 5.32 Å². The van der Waals surface area contributed by atoms with Crippen LogP contribution in [0.2, 0.25) is 0 Å².